The number of hydrogen-bond donors (Lipinski definition) is 3. The first-order valence-electron chi connectivity index (χ1n) is 9.33. The lowest BCUT2D eigenvalue weighted by Crippen LogP contribution is -2.49. The molecule has 0 radical (unpaired) electrons. The van der Waals surface area contributed by atoms with Gasteiger partial charge in [-0.05, 0) is 37.3 Å². The van der Waals surface area contributed by atoms with Gasteiger partial charge in [0, 0.05) is 17.2 Å². The van der Waals surface area contributed by atoms with Crippen LogP contribution in [0.5, 0.6) is 0 Å². The number of carbonyl (C=O) groups excluding carboxylic acids is 1. The van der Waals surface area contributed by atoms with Crippen molar-refractivity contribution < 1.29 is 28.0 Å². The number of amides is 1. The van der Waals surface area contributed by atoms with Crippen LogP contribution in [0.4, 0.5) is 8.78 Å². The lowest BCUT2D eigenvalue weighted by molar-refractivity contribution is -0.133. The molecule has 1 aromatic heterocycles. The molecule has 2 fully saturated rings. The molecule has 2 saturated carbocycles. The van der Waals surface area contributed by atoms with Gasteiger partial charge in [-0.15, -0.1) is 0 Å². The molecule has 2 aromatic rings. The summed E-state index contributed by atoms with van der Waals surface area (Å²) in [6, 6.07) is 7.30. The van der Waals surface area contributed by atoms with Gasteiger partial charge in [0.05, 0.1) is 18.1 Å². The third kappa shape index (κ3) is 3.15. The third-order valence-corrected chi connectivity index (χ3v) is 6.17. The summed E-state index contributed by atoms with van der Waals surface area (Å²) in [4.78, 5) is 12.6. The minimum atomic E-state index is -2.83. The number of fused-ring (bicyclic) bond motifs is 1. The second-order valence-electron chi connectivity index (χ2n) is 7.81. The molecular weight excluding hydrogens is 355 g/mol. The Hall–Kier alpha value is -1.93. The van der Waals surface area contributed by atoms with Crippen LogP contribution in [0.1, 0.15) is 37.7 Å². The van der Waals surface area contributed by atoms with Gasteiger partial charge in [-0.1, -0.05) is 24.6 Å². The Balaban J connectivity index is 1.47. The number of rotatable bonds is 5. The van der Waals surface area contributed by atoms with E-state index in [-0.39, 0.29) is 19.3 Å². The van der Waals surface area contributed by atoms with Crippen LogP contribution >= 0.6 is 0 Å². The van der Waals surface area contributed by atoms with Gasteiger partial charge in [-0.25, -0.2) is 8.78 Å². The third-order valence-electron chi connectivity index (χ3n) is 6.17. The van der Waals surface area contributed by atoms with Crippen LogP contribution in [0, 0.1) is 11.3 Å². The first-order valence-corrected chi connectivity index (χ1v) is 9.33. The zero-order valence-corrected chi connectivity index (χ0v) is 14.8. The standard InChI is InChI=1S/C19H22BF2NO4/c21-19(22)8-4-3-7-18(19)10-14(18)17(24)23-16(20(25)26)9-12-11-27-15-6-2-1-5-13(12)15/h1-2,5-6,11,14,16,25-26H,3-4,7-10H2,(H,23,24)/t14?,16-,18?/m0/s1. The quantitative estimate of drug-likeness (QED) is 0.700. The second kappa shape index (κ2) is 6.60. The van der Waals surface area contributed by atoms with Crippen molar-refractivity contribution >= 4 is 24.0 Å². The fourth-order valence-electron chi connectivity index (χ4n) is 4.49. The van der Waals surface area contributed by atoms with Crippen LogP contribution in [-0.2, 0) is 11.2 Å². The molecule has 2 aliphatic rings. The molecule has 27 heavy (non-hydrogen) atoms. The van der Waals surface area contributed by atoms with Crippen LogP contribution in [-0.4, -0.2) is 34.9 Å². The van der Waals surface area contributed by atoms with Crippen molar-refractivity contribution in [3.63, 3.8) is 0 Å². The minimum Gasteiger partial charge on any atom is -0.464 e. The largest absolute Gasteiger partial charge is 0.475 e. The number of benzene rings is 1. The Bertz CT molecular complexity index is 855. The molecule has 3 atom stereocenters. The van der Waals surface area contributed by atoms with Crippen LogP contribution in [0.3, 0.4) is 0 Å². The summed E-state index contributed by atoms with van der Waals surface area (Å²) in [5.74, 6) is -5.12. The maximum Gasteiger partial charge on any atom is 0.475 e. The molecule has 0 bridgehead atoms. The highest BCUT2D eigenvalue weighted by atomic mass is 19.3. The predicted octanol–water partition coefficient (Wildman–Crippen LogP) is 2.69. The van der Waals surface area contributed by atoms with Gasteiger partial charge in [0.2, 0.25) is 5.91 Å². The van der Waals surface area contributed by atoms with E-state index in [1.54, 1.807) is 6.07 Å². The normalized spacial score (nSPS) is 27.5. The molecule has 2 unspecified atom stereocenters. The molecule has 1 aromatic carbocycles. The maximum absolute atomic E-state index is 14.3. The van der Waals surface area contributed by atoms with E-state index in [2.05, 4.69) is 5.32 Å². The van der Waals surface area contributed by atoms with E-state index < -0.39 is 36.2 Å². The lowest BCUT2D eigenvalue weighted by atomic mass is 9.75. The van der Waals surface area contributed by atoms with Gasteiger partial charge >= 0.3 is 7.12 Å². The molecule has 2 aliphatic carbocycles. The fraction of sp³-hybridized carbons (Fsp3) is 0.526. The van der Waals surface area contributed by atoms with Crippen molar-refractivity contribution in [3.05, 3.63) is 36.1 Å². The van der Waals surface area contributed by atoms with Crippen molar-refractivity contribution in [2.75, 3.05) is 0 Å². The smallest absolute Gasteiger partial charge is 0.464 e. The van der Waals surface area contributed by atoms with E-state index in [1.807, 2.05) is 18.2 Å². The Labute approximate surface area is 155 Å². The Kier molecular flexibility index (Phi) is 4.51. The Morgan fingerprint density at radius 3 is 2.78 bits per heavy atom. The van der Waals surface area contributed by atoms with E-state index in [4.69, 9.17) is 4.42 Å². The summed E-state index contributed by atoms with van der Waals surface area (Å²) in [6.45, 7) is 0. The van der Waals surface area contributed by atoms with Crippen molar-refractivity contribution in [2.45, 2.75) is 50.4 Å². The molecule has 1 amide bonds. The fourth-order valence-corrected chi connectivity index (χ4v) is 4.49. The maximum atomic E-state index is 14.3. The molecule has 0 aliphatic heterocycles. The van der Waals surface area contributed by atoms with Crippen LogP contribution in [0.25, 0.3) is 11.0 Å². The van der Waals surface area contributed by atoms with Crippen molar-refractivity contribution in [1.29, 1.82) is 0 Å². The Morgan fingerprint density at radius 2 is 2.04 bits per heavy atom. The average molecular weight is 377 g/mol. The molecular formula is C19H22BF2NO4. The molecule has 8 heteroatoms. The highest BCUT2D eigenvalue weighted by Crippen LogP contribution is 2.67. The van der Waals surface area contributed by atoms with Gasteiger partial charge in [0.15, 0.2) is 0 Å². The van der Waals surface area contributed by atoms with Crippen LogP contribution in [0.2, 0.25) is 0 Å². The zero-order chi connectivity index (χ0) is 19.2. The highest BCUT2D eigenvalue weighted by Gasteiger charge is 2.71. The van der Waals surface area contributed by atoms with E-state index >= 15 is 0 Å². The van der Waals surface area contributed by atoms with Crippen molar-refractivity contribution in [3.8, 4) is 0 Å². The van der Waals surface area contributed by atoms with Gasteiger partial charge < -0.3 is 19.8 Å². The first-order chi connectivity index (χ1) is 12.8. The van der Waals surface area contributed by atoms with Crippen LogP contribution < -0.4 is 5.32 Å². The lowest BCUT2D eigenvalue weighted by Gasteiger charge is -2.32. The summed E-state index contributed by atoms with van der Waals surface area (Å²) in [6.07, 6.45) is 3.16. The molecule has 144 valence electrons. The number of para-hydroxylation sites is 1. The van der Waals surface area contributed by atoms with E-state index in [0.29, 0.717) is 24.8 Å². The second-order valence-corrected chi connectivity index (χ2v) is 7.81. The van der Waals surface area contributed by atoms with E-state index in [1.165, 1.54) is 6.26 Å². The van der Waals surface area contributed by atoms with Gasteiger partial charge in [-0.3, -0.25) is 4.79 Å². The topological polar surface area (TPSA) is 82.7 Å². The van der Waals surface area contributed by atoms with Gasteiger partial charge in [0.1, 0.15) is 5.58 Å². The molecule has 5 nitrogen and oxygen atoms in total. The molecule has 3 N–H and O–H groups in total. The number of carbonyl (C=O) groups is 1. The summed E-state index contributed by atoms with van der Waals surface area (Å²) in [5.41, 5.74) is 0.133. The molecule has 0 saturated heterocycles. The zero-order valence-electron chi connectivity index (χ0n) is 14.8. The van der Waals surface area contributed by atoms with Crippen molar-refractivity contribution in [1.82, 2.24) is 5.32 Å². The summed E-state index contributed by atoms with van der Waals surface area (Å²) in [5, 5.41) is 22.8. The van der Waals surface area contributed by atoms with Gasteiger partial charge in [-0.2, -0.15) is 0 Å². The number of furan rings is 1. The van der Waals surface area contributed by atoms with Crippen molar-refractivity contribution in [2.24, 2.45) is 11.3 Å². The number of alkyl halides is 2. The summed E-state index contributed by atoms with van der Waals surface area (Å²) >= 11 is 0. The summed E-state index contributed by atoms with van der Waals surface area (Å²) in [7, 11) is -1.80. The van der Waals surface area contributed by atoms with E-state index in [9.17, 15) is 23.6 Å². The SMILES string of the molecule is O=C(N[C@@H](Cc1coc2ccccc12)B(O)O)C1CC12CCCCC2(F)F. The minimum absolute atomic E-state index is 0.135. The molecule has 1 spiro atoms. The van der Waals surface area contributed by atoms with E-state index in [0.717, 1.165) is 10.9 Å². The summed E-state index contributed by atoms with van der Waals surface area (Å²) < 4.78 is 34.1. The monoisotopic (exact) mass is 377 g/mol. The Morgan fingerprint density at radius 1 is 1.30 bits per heavy atom. The number of nitrogens with one attached hydrogen (secondary N) is 1. The first kappa shape index (κ1) is 18.4. The number of hydrogen-bond acceptors (Lipinski definition) is 4. The van der Waals surface area contributed by atoms with Gasteiger partial charge in [0.25, 0.3) is 5.92 Å². The number of halogens is 2. The molecule has 4 rings (SSSR count). The van der Waals surface area contributed by atoms with Crippen LogP contribution in [0.15, 0.2) is 34.9 Å². The molecule has 1 heterocycles. The average Bonchev–Trinajstić information content (AvgIpc) is 3.24. The predicted molar refractivity (Wildman–Crippen MR) is 96.0 cm³/mol. The highest BCUT2D eigenvalue weighted by molar-refractivity contribution is 6.43.